The number of nitrogens with zero attached hydrogens (tertiary/aromatic N) is 5. The number of anilines is 1. The van der Waals surface area contributed by atoms with Gasteiger partial charge in [-0.25, -0.2) is 9.97 Å². The van der Waals surface area contributed by atoms with E-state index in [1.165, 1.54) is 0 Å². The molecule has 0 radical (unpaired) electrons. The number of carboxylic acid groups (broad SMARTS) is 1. The summed E-state index contributed by atoms with van der Waals surface area (Å²) in [4.78, 5) is 37.7. The van der Waals surface area contributed by atoms with Gasteiger partial charge in [0.15, 0.2) is 5.76 Å². The molecule has 2 aliphatic heterocycles. The zero-order valence-electron chi connectivity index (χ0n) is 18.8. The zero-order valence-corrected chi connectivity index (χ0v) is 18.8. The van der Waals surface area contributed by atoms with Gasteiger partial charge in [-0.1, -0.05) is 5.16 Å². The third-order valence-corrected chi connectivity index (χ3v) is 5.89. The van der Waals surface area contributed by atoms with Crippen molar-refractivity contribution in [1.82, 2.24) is 25.0 Å². The van der Waals surface area contributed by atoms with Crippen molar-refractivity contribution in [1.29, 1.82) is 0 Å². The van der Waals surface area contributed by atoms with Crippen LogP contribution in [0.25, 0.3) is 11.0 Å². The van der Waals surface area contributed by atoms with Crippen molar-refractivity contribution < 1.29 is 24.0 Å². The second-order valence-electron chi connectivity index (χ2n) is 8.41. The highest BCUT2D eigenvalue weighted by Gasteiger charge is 2.41. The van der Waals surface area contributed by atoms with Gasteiger partial charge in [0.05, 0.1) is 42.8 Å². The lowest BCUT2D eigenvalue weighted by molar-refractivity contribution is -0.134. The maximum absolute atomic E-state index is 12.6. The topological polar surface area (TPSA) is 138 Å². The van der Waals surface area contributed by atoms with Crippen LogP contribution < -0.4 is 4.90 Å². The Morgan fingerprint density at radius 3 is 2.76 bits per heavy atom. The van der Waals surface area contributed by atoms with E-state index in [1.54, 1.807) is 6.33 Å². The fraction of sp³-hybridized carbons (Fsp3) is 0.500. The van der Waals surface area contributed by atoms with E-state index in [0.29, 0.717) is 31.9 Å². The average Bonchev–Trinajstić information content (AvgIpc) is 3.39. The summed E-state index contributed by atoms with van der Waals surface area (Å²) in [5.41, 5.74) is 1.34. The van der Waals surface area contributed by atoms with E-state index in [4.69, 9.17) is 19.2 Å². The Morgan fingerprint density at radius 2 is 2.06 bits per heavy atom. The van der Waals surface area contributed by atoms with Crippen LogP contribution in [0.4, 0.5) is 5.82 Å². The minimum absolute atomic E-state index is 0.100. The van der Waals surface area contributed by atoms with Gasteiger partial charge in [0.2, 0.25) is 5.91 Å². The molecule has 2 N–H and O–H groups in total. The van der Waals surface area contributed by atoms with Crippen molar-refractivity contribution in [2.45, 2.75) is 45.3 Å². The molecule has 0 aliphatic carbocycles. The number of fused-ring (bicyclic) bond motifs is 1. The highest BCUT2D eigenvalue weighted by molar-refractivity contribution is 5.87. The number of rotatable bonds is 3. The van der Waals surface area contributed by atoms with Crippen LogP contribution in [-0.2, 0) is 20.9 Å². The first-order valence-corrected chi connectivity index (χ1v) is 10.9. The molecule has 11 heteroatoms. The number of aryl methyl sites for hydroxylation is 1. The van der Waals surface area contributed by atoms with E-state index >= 15 is 0 Å². The van der Waals surface area contributed by atoms with E-state index in [-0.39, 0.29) is 11.5 Å². The predicted molar refractivity (Wildman–Crippen MR) is 119 cm³/mol. The maximum Gasteiger partial charge on any atom is 0.300 e. The average molecular weight is 457 g/mol. The first kappa shape index (κ1) is 22.7. The molecule has 2 aliphatic rings. The first-order chi connectivity index (χ1) is 15.8. The summed E-state index contributed by atoms with van der Waals surface area (Å²) >= 11 is 0. The van der Waals surface area contributed by atoms with Crippen LogP contribution in [0.1, 0.15) is 37.6 Å². The molecule has 0 aromatic carbocycles. The van der Waals surface area contributed by atoms with Crippen molar-refractivity contribution in [2.75, 3.05) is 31.1 Å². The number of carboxylic acids is 1. The number of amides is 1. The fourth-order valence-electron chi connectivity index (χ4n) is 4.36. The Balaban J connectivity index is 0.000000601. The van der Waals surface area contributed by atoms with Crippen molar-refractivity contribution in [3.05, 3.63) is 36.1 Å². The van der Waals surface area contributed by atoms with Crippen LogP contribution in [0.3, 0.4) is 0 Å². The van der Waals surface area contributed by atoms with E-state index in [0.717, 1.165) is 55.4 Å². The molecule has 176 valence electrons. The number of carbonyl (C=O) groups is 2. The summed E-state index contributed by atoms with van der Waals surface area (Å²) in [6, 6.07) is 3.89. The second kappa shape index (κ2) is 9.57. The standard InChI is InChI=1S/C20H24N6O3.C2H4O2/c1-14-10-15(29-24-14)11-26-12-20(28-9-3-17(26)27)4-7-25(8-5-20)19-16-2-6-21-18(16)22-13-23-19;1-2(3)4/h2,6,10,13H,3-5,7-9,11-12H2,1H3,(H,21,22,23);1H3,(H,3,4). The van der Waals surface area contributed by atoms with Crippen LogP contribution in [0.5, 0.6) is 0 Å². The smallest absolute Gasteiger partial charge is 0.300 e. The van der Waals surface area contributed by atoms with E-state index in [1.807, 2.05) is 30.2 Å². The predicted octanol–water partition coefficient (Wildman–Crippen LogP) is 2.13. The van der Waals surface area contributed by atoms with Crippen LogP contribution in [0.2, 0.25) is 0 Å². The lowest BCUT2D eigenvalue weighted by Gasteiger charge is -2.43. The molecule has 2 saturated heterocycles. The van der Waals surface area contributed by atoms with Crippen molar-refractivity contribution in [2.24, 2.45) is 0 Å². The molecule has 5 heterocycles. The number of ether oxygens (including phenoxy) is 1. The summed E-state index contributed by atoms with van der Waals surface area (Å²) in [5.74, 6) is 0.925. The Hall–Kier alpha value is -3.47. The van der Waals surface area contributed by atoms with Gasteiger partial charge < -0.3 is 29.2 Å². The third-order valence-electron chi connectivity index (χ3n) is 5.89. The zero-order chi connectivity index (χ0) is 23.4. The first-order valence-electron chi connectivity index (χ1n) is 10.9. The highest BCUT2D eigenvalue weighted by Crippen LogP contribution is 2.33. The molecule has 3 aromatic rings. The molecule has 3 aromatic heterocycles. The van der Waals surface area contributed by atoms with E-state index in [9.17, 15) is 4.79 Å². The van der Waals surface area contributed by atoms with Gasteiger partial charge in [0.25, 0.3) is 5.97 Å². The molecule has 33 heavy (non-hydrogen) atoms. The molecule has 11 nitrogen and oxygen atoms in total. The monoisotopic (exact) mass is 456 g/mol. The Morgan fingerprint density at radius 1 is 1.30 bits per heavy atom. The number of nitrogens with one attached hydrogen (secondary N) is 1. The van der Waals surface area contributed by atoms with E-state index in [2.05, 4.69) is 25.0 Å². The lowest BCUT2D eigenvalue weighted by Crippen LogP contribution is -2.52. The number of aromatic amines is 1. The molecule has 2 fully saturated rings. The van der Waals surface area contributed by atoms with Crippen LogP contribution >= 0.6 is 0 Å². The van der Waals surface area contributed by atoms with Crippen LogP contribution in [0.15, 0.2) is 29.2 Å². The fourth-order valence-corrected chi connectivity index (χ4v) is 4.36. The number of hydrogen-bond acceptors (Lipinski definition) is 8. The molecule has 5 rings (SSSR count). The van der Waals surface area contributed by atoms with Gasteiger partial charge in [-0.3, -0.25) is 9.59 Å². The molecule has 0 atom stereocenters. The molecule has 0 saturated carbocycles. The molecule has 0 bridgehead atoms. The largest absolute Gasteiger partial charge is 0.481 e. The van der Waals surface area contributed by atoms with Crippen LogP contribution in [-0.4, -0.2) is 73.8 Å². The Bertz CT molecular complexity index is 1110. The number of piperidine rings is 1. The number of aromatic nitrogens is 4. The van der Waals surface area contributed by atoms with Gasteiger partial charge in [0, 0.05) is 32.3 Å². The third kappa shape index (κ3) is 5.30. The van der Waals surface area contributed by atoms with Gasteiger partial charge >= 0.3 is 0 Å². The van der Waals surface area contributed by atoms with Crippen molar-refractivity contribution in [3.63, 3.8) is 0 Å². The van der Waals surface area contributed by atoms with Gasteiger partial charge in [-0.15, -0.1) is 0 Å². The molecule has 1 spiro atoms. The number of aliphatic carboxylic acids is 1. The summed E-state index contributed by atoms with van der Waals surface area (Å²) in [6.45, 7) is 6.07. The second-order valence-corrected chi connectivity index (χ2v) is 8.41. The van der Waals surface area contributed by atoms with Gasteiger partial charge in [-0.05, 0) is 25.8 Å². The lowest BCUT2D eigenvalue weighted by atomic mass is 9.90. The minimum Gasteiger partial charge on any atom is -0.481 e. The maximum atomic E-state index is 12.6. The SMILES string of the molecule is CC(=O)O.Cc1cc(CN2CC3(CCN(c4ncnc5[nH]ccc45)CC3)OCCC2=O)on1. The molecule has 0 unspecified atom stereocenters. The summed E-state index contributed by atoms with van der Waals surface area (Å²) in [7, 11) is 0. The molecular formula is C22H28N6O5. The van der Waals surface area contributed by atoms with E-state index < -0.39 is 5.97 Å². The molecule has 1 amide bonds. The van der Waals surface area contributed by atoms with Crippen molar-refractivity contribution >= 4 is 28.7 Å². The normalized spacial score (nSPS) is 18.2. The highest BCUT2D eigenvalue weighted by atomic mass is 16.5. The van der Waals surface area contributed by atoms with Gasteiger partial charge in [-0.2, -0.15) is 0 Å². The summed E-state index contributed by atoms with van der Waals surface area (Å²) in [6.07, 6.45) is 5.55. The Kier molecular flexibility index (Phi) is 6.59. The summed E-state index contributed by atoms with van der Waals surface area (Å²) < 4.78 is 11.6. The minimum atomic E-state index is -0.833. The number of H-pyrrole nitrogens is 1. The Labute approximate surface area is 190 Å². The van der Waals surface area contributed by atoms with Crippen LogP contribution in [0, 0.1) is 6.92 Å². The number of carbonyl (C=O) groups excluding carboxylic acids is 1. The quantitative estimate of drug-likeness (QED) is 0.607. The number of hydrogen-bond donors (Lipinski definition) is 2. The van der Waals surface area contributed by atoms with Crippen molar-refractivity contribution in [3.8, 4) is 0 Å². The summed E-state index contributed by atoms with van der Waals surface area (Å²) in [5, 5.41) is 12.4. The van der Waals surface area contributed by atoms with Gasteiger partial charge in [0.1, 0.15) is 17.8 Å². The molecular weight excluding hydrogens is 428 g/mol.